The molecular weight excluding hydrogens is 322 g/mol. The molecule has 2 N–H and O–H groups in total. The van der Waals surface area contributed by atoms with Crippen LogP contribution in [0.15, 0.2) is 24.3 Å². The minimum Gasteiger partial charge on any atom is -0.465 e. The zero-order valence-electron chi connectivity index (χ0n) is 18.4. The monoisotopic (exact) mass is 363 g/mol. The van der Waals surface area contributed by atoms with Gasteiger partial charge in [-0.15, -0.1) is 0 Å². The second kappa shape index (κ2) is 9.23. The Labute approximate surface area is 161 Å². The van der Waals surface area contributed by atoms with Gasteiger partial charge in [0.25, 0.3) is 0 Å². The maximum Gasteiger partial charge on any atom is 0.200 e. The van der Waals surface area contributed by atoms with Crippen LogP contribution in [0.1, 0.15) is 86.6 Å². The van der Waals surface area contributed by atoms with E-state index in [-0.39, 0.29) is 29.3 Å². The van der Waals surface area contributed by atoms with Crippen LogP contribution in [0.5, 0.6) is 5.75 Å². The first-order valence-corrected chi connectivity index (χ1v) is 9.94. The SMILES string of the molecule is CC(C)OC(CC(C)(C)C)Oc1ccc(C(CC(C)(C)C)C(C)N)cc1. The van der Waals surface area contributed by atoms with Crippen molar-refractivity contribution in [3.05, 3.63) is 29.8 Å². The highest BCUT2D eigenvalue weighted by Gasteiger charge is 2.24. The Morgan fingerprint density at radius 1 is 0.846 bits per heavy atom. The highest BCUT2D eigenvalue weighted by Crippen LogP contribution is 2.34. The molecule has 0 saturated heterocycles. The molecule has 0 aromatic heterocycles. The molecule has 0 radical (unpaired) electrons. The first-order chi connectivity index (χ1) is 11.8. The third kappa shape index (κ3) is 9.05. The van der Waals surface area contributed by atoms with E-state index in [1.165, 1.54) is 5.56 Å². The molecule has 3 atom stereocenters. The number of nitrogens with two attached hydrogens (primary N) is 1. The molecule has 0 spiro atoms. The van der Waals surface area contributed by atoms with E-state index < -0.39 is 0 Å². The Morgan fingerprint density at radius 3 is 1.73 bits per heavy atom. The second-order valence-electron chi connectivity index (χ2n) is 10.3. The van der Waals surface area contributed by atoms with Crippen molar-refractivity contribution in [3.63, 3.8) is 0 Å². The summed E-state index contributed by atoms with van der Waals surface area (Å²) in [6.07, 6.45) is 1.81. The van der Waals surface area contributed by atoms with E-state index in [2.05, 4.69) is 60.6 Å². The van der Waals surface area contributed by atoms with E-state index in [0.717, 1.165) is 18.6 Å². The average Bonchev–Trinajstić information content (AvgIpc) is 2.42. The lowest BCUT2D eigenvalue weighted by Gasteiger charge is -2.30. The van der Waals surface area contributed by atoms with E-state index in [0.29, 0.717) is 5.92 Å². The molecule has 0 aliphatic carbocycles. The first kappa shape index (κ1) is 23.0. The molecule has 1 rings (SSSR count). The van der Waals surface area contributed by atoms with Crippen molar-refractivity contribution in [3.8, 4) is 5.75 Å². The van der Waals surface area contributed by atoms with Gasteiger partial charge in [-0.3, -0.25) is 0 Å². The maximum absolute atomic E-state index is 6.27. The number of benzene rings is 1. The van der Waals surface area contributed by atoms with Gasteiger partial charge in [0, 0.05) is 12.5 Å². The Kier molecular flexibility index (Phi) is 8.16. The van der Waals surface area contributed by atoms with Gasteiger partial charge >= 0.3 is 0 Å². The second-order valence-corrected chi connectivity index (χ2v) is 10.3. The van der Waals surface area contributed by atoms with Gasteiger partial charge in [0.1, 0.15) is 5.75 Å². The van der Waals surface area contributed by atoms with Crippen molar-refractivity contribution in [2.75, 3.05) is 0 Å². The fourth-order valence-electron chi connectivity index (χ4n) is 3.13. The third-order valence-corrected chi connectivity index (χ3v) is 4.25. The summed E-state index contributed by atoms with van der Waals surface area (Å²) in [7, 11) is 0. The number of hydrogen-bond donors (Lipinski definition) is 1. The predicted molar refractivity (Wildman–Crippen MR) is 112 cm³/mol. The van der Waals surface area contributed by atoms with Crippen LogP contribution >= 0.6 is 0 Å². The molecule has 1 aromatic carbocycles. The number of rotatable bonds is 8. The van der Waals surface area contributed by atoms with Crippen molar-refractivity contribution < 1.29 is 9.47 Å². The lowest BCUT2D eigenvalue weighted by atomic mass is 9.78. The van der Waals surface area contributed by atoms with Gasteiger partial charge in [-0.2, -0.15) is 0 Å². The van der Waals surface area contributed by atoms with Crippen LogP contribution in [-0.4, -0.2) is 18.4 Å². The number of ether oxygens (including phenoxy) is 2. The van der Waals surface area contributed by atoms with Gasteiger partial charge in [-0.25, -0.2) is 0 Å². The molecule has 1 aromatic rings. The first-order valence-electron chi connectivity index (χ1n) is 9.94. The predicted octanol–water partition coefficient (Wildman–Crippen LogP) is 6.12. The summed E-state index contributed by atoms with van der Waals surface area (Å²) in [6.45, 7) is 19.6. The quantitative estimate of drug-likeness (QED) is 0.566. The van der Waals surface area contributed by atoms with Crippen molar-refractivity contribution >= 4 is 0 Å². The number of hydrogen-bond acceptors (Lipinski definition) is 3. The van der Waals surface area contributed by atoms with Crippen molar-refractivity contribution in [1.29, 1.82) is 0 Å². The van der Waals surface area contributed by atoms with Crippen LogP contribution in [0.4, 0.5) is 0 Å². The van der Waals surface area contributed by atoms with Gasteiger partial charge in [0.2, 0.25) is 6.29 Å². The topological polar surface area (TPSA) is 44.5 Å². The van der Waals surface area contributed by atoms with Crippen LogP contribution in [-0.2, 0) is 4.74 Å². The largest absolute Gasteiger partial charge is 0.465 e. The zero-order valence-corrected chi connectivity index (χ0v) is 18.4. The minimum absolute atomic E-state index is 0.124. The average molecular weight is 364 g/mol. The minimum atomic E-state index is -0.236. The van der Waals surface area contributed by atoms with Gasteiger partial charge in [-0.1, -0.05) is 53.7 Å². The van der Waals surface area contributed by atoms with Crippen LogP contribution < -0.4 is 10.5 Å². The Hall–Kier alpha value is -1.06. The van der Waals surface area contributed by atoms with Gasteiger partial charge < -0.3 is 15.2 Å². The molecule has 150 valence electrons. The summed E-state index contributed by atoms with van der Waals surface area (Å²) in [5.41, 5.74) is 7.94. The Bertz CT molecular complexity index is 521. The fraction of sp³-hybridized carbons (Fsp3) is 0.739. The molecule has 3 unspecified atom stereocenters. The summed E-state index contributed by atoms with van der Waals surface area (Å²) in [4.78, 5) is 0. The summed E-state index contributed by atoms with van der Waals surface area (Å²) < 4.78 is 12.1. The Balaban J connectivity index is 2.89. The summed E-state index contributed by atoms with van der Waals surface area (Å²) in [5, 5.41) is 0. The molecule has 0 heterocycles. The highest BCUT2D eigenvalue weighted by atomic mass is 16.7. The highest BCUT2D eigenvalue weighted by molar-refractivity contribution is 5.30. The molecule has 26 heavy (non-hydrogen) atoms. The molecule has 0 aliphatic heterocycles. The van der Waals surface area contributed by atoms with Crippen molar-refractivity contribution in [2.45, 2.75) is 99.5 Å². The maximum atomic E-state index is 6.27. The van der Waals surface area contributed by atoms with E-state index >= 15 is 0 Å². The molecule has 0 fully saturated rings. The summed E-state index contributed by atoms with van der Waals surface area (Å²) in [5.74, 6) is 1.20. The molecule has 3 heteroatoms. The van der Waals surface area contributed by atoms with Gasteiger partial charge in [0.15, 0.2) is 0 Å². The molecular formula is C23H41NO2. The van der Waals surface area contributed by atoms with Crippen LogP contribution in [0.25, 0.3) is 0 Å². The fourth-order valence-corrected chi connectivity index (χ4v) is 3.13. The lowest BCUT2D eigenvalue weighted by molar-refractivity contribution is -0.124. The lowest BCUT2D eigenvalue weighted by Crippen LogP contribution is -2.29. The standard InChI is InChI=1S/C23H41NO2/c1-16(2)25-21(15-23(7,8)9)26-19-12-10-18(11-13-19)20(17(3)24)14-22(4,5)6/h10-13,16-17,20-21H,14-15,24H2,1-9H3. The van der Waals surface area contributed by atoms with Crippen LogP contribution in [0, 0.1) is 10.8 Å². The Morgan fingerprint density at radius 2 is 1.35 bits per heavy atom. The normalized spacial score (nSPS) is 16.4. The summed E-state index contributed by atoms with van der Waals surface area (Å²) in [6, 6.07) is 8.52. The van der Waals surface area contributed by atoms with Crippen molar-refractivity contribution in [2.24, 2.45) is 16.6 Å². The van der Waals surface area contributed by atoms with E-state index in [1.54, 1.807) is 0 Å². The third-order valence-electron chi connectivity index (χ3n) is 4.25. The molecule has 0 aliphatic rings. The van der Waals surface area contributed by atoms with Crippen LogP contribution in [0.3, 0.4) is 0 Å². The molecule has 0 bridgehead atoms. The summed E-state index contributed by atoms with van der Waals surface area (Å²) >= 11 is 0. The van der Waals surface area contributed by atoms with Crippen LogP contribution in [0.2, 0.25) is 0 Å². The van der Waals surface area contributed by atoms with E-state index in [1.807, 2.05) is 26.0 Å². The van der Waals surface area contributed by atoms with Gasteiger partial charge in [0.05, 0.1) is 6.10 Å². The van der Waals surface area contributed by atoms with E-state index in [4.69, 9.17) is 15.2 Å². The van der Waals surface area contributed by atoms with Gasteiger partial charge in [-0.05, 0) is 61.6 Å². The molecule has 0 saturated carbocycles. The van der Waals surface area contributed by atoms with Crippen molar-refractivity contribution in [1.82, 2.24) is 0 Å². The zero-order chi connectivity index (χ0) is 20.1. The molecule has 3 nitrogen and oxygen atoms in total. The molecule has 0 amide bonds. The van der Waals surface area contributed by atoms with E-state index in [9.17, 15) is 0 Å². The smallest absolute Gasteiger partial charge is 0.200 e.